The highest BCUT2D eigenvalue weighted by molar-refractivity contribution is 6.15. The Morgan fingerprint density at radius 2 is 1.78 bits per heavy atom. The van der Waals surface area contributed by atoms with Crippen molar-refractivity contribution in [1.29, 1.82) is 0 Å². The summed E-state index contributed by atoms with van der Waals surface area (Å²) in [6.07, 6.45) is 7.61. The highest BCUT2D eigenvalue weighted by Crippen LogP contribution is 2.29. The molecule has 4 rings (SSSR count). The van der Waals surface area contributed by atoms with Crippen LogP contribution in [0, 0.1) is 5.92 Å². The number of amides is 1. The fourth-order valence-electron chi connectivity index (χ4n) is 4.39. The Kier molecular flexibility index (Phi) is 6.25. The summed E-state index contributed by atoms with van der Waals surface area (Å²) in [5.74, 6) is -1.08. The number of carboxylic acids is 1. The molecule has 166 valence electrons. The van der Waals surface area contributed by atoms with Crippen molar-refractivity contribution in [2.75, 3.05) is 17.2 Å². The Morgan fingerprint density at radius 1 is 1.03 bits per heavy atom. The first-order valence-corrected chi connectivity index (χ1v) is 11.0. The number of nitrogens with one attached hydrogen (secondary N) is 2. The van der Waals surface area contributed by atoms with Gasteiger partial charge in [0.05, 0.1) is 28.0 Å². The molecule has 7 nitrogen and oxygen atoms in total. The second kappa shape index (κ2) is 9.26. The predicted octanol–water partition coefficient (Wildman–Crippen LogP) is 5.24. The molecule has 1 aliphatic rings. The number of anilines is 2. The largest absolute Gasteiger partial charge is 0.478 e. The minimum atomic E-state index is -1.06. The lowest BCUT2D eigenvalue weighted by molar-refractivity contribution is 0.0696. The van der Waals surface area contributed by atoms with Crippen LogP contribution < -0.4 is 10.6 Å². The van der Waals surface area contributed by atoms with Crippen LogP contribution in [0.3, 0.4) is 0 Å². The van der Waals surface area contributed by atoms with Gasteiger partial charge in [-0.3, -0.25) is 14.2 Å². The van der Waals surface area contributed by atoms with Gasteiger partial charge in [-0.1, -0.05) is 37.5 Å². The highest BCUT2D eigenvalue weighted by atomic mass is 16.4. The Hall–Kier alpha value is -3.61. The van der Waals surface area contributed by atoms with Crippen molar-refractivity contribution in [2.24, 2.45) is 5.92 Å². The van der Waals surface area contributed by atoms with Gasteiger partial charge in [0.1, 0.15) is 0 Å². The average molecular weight is 434 g/mol. The van der Waals surface area contributed by atoms with Gasteiger partial charge in [0.15, 0.2) is 0 Å². The average Bonchev–Trinajstić information content (AvgIpc) is 3.19. The minimum Gasteiger partial charge on any atom is -0.478 e. The molecule has 2 aromatic carbocycles. The van der Waals surface area contributed by atoms with Gasteiger partial charge in [-0.15, -0.1) is 0 Å². The first-order chi connectivity index (χ1) is 15.4. The molecule has 32 heavy (non-hydrogen) atoms. The minimum absolute atomic E-state index is 0.0923. The maximum Gasteiger partial charge on any atom is 0.335 e. The molecule has 0 spiro atoms. The van der Waals surface area contributed by atoms with Crippen LogP contribution in [-0.2, 0) is 0 Å². The normalized spacial score (nSPS) is 14.3. The zero-order valence-corrected chi connectivity index (χ0v) is 18.1. The first-order valence-electron chi connectivity index (χ1n) is 11.0. The molecule has 1 heterocycles. The van der Waals surface area contributed by atoms with Gasteiger partial charge in [-0.05, 0) is 43.0 Å². The zero-order valence-electron chi connectivity index (χ0n) is 18.1. The van der Waals surface area contributed by atoms with Crippen LogP contribution in [0.15, 0.2) is 48.7 Å². The molecule has 0 radical (unpaired) electrons. The van der Waals surface area contributed by atoms with E-state index in [0.29, 0.717) is 33.8 Å². The maximum atomic E-state index is 13.2. The smallest absolute Gasteiger partial charge is 0.335 e. The van der Waals surface area contributed by atoms with Crippen molar-refractivity contribution >= 4 is 40.1 Å². The standard InChI is InChI=1S/C25H27N3O4/c1-16(29)28-15-20(19-9-5-6-10-23(19)28)24(30)27-22-13-18(25(31)32)11-12-21(22)26-14-17-7-3-2-4-8-17/h5-6,9-13,15,17,26H,2-4,7-8,14H2,1H3,(H,27,30)(H,31,32). The van der Waals surface area contributed by atoms with Crippen molar-refractivity contribution < 1.29 is 19.5 Å². The lowest BCUT2D eigenvalue weighted by Crippen LogP contribution is -2.19. The van der Waals surface area contributed by atoms with E-state index >= 15 is 0 Å². The number of rotatable bonds is 6. The molecule has 1 fully saturated rings. The van der Waals surface area contributed by atoms with Gasteiger partial charge in [0, 0.05) is 25.1 Å². The maximum absolute atomic E-state index is 13.2. The van der Waals surface area contributed by atoms with Crippen LogP contribution >= 0.6 is 0 Å². The van der Waals surface area contributed by atoms with E-state index in [0.717, 1.165) is 6.54 Å². The molecule has 1 aromatic heterocycles. The third kappa shape index (κ3) is 4.51. The van der Waals surface area contributed by atoms with Crippen LogP contribution in [0.5, 0.6) is 0 Å². The predicted molar refractivity (Wildman–Crippen MR) is 125 cm³/mol. The van der Waals surface area contributed by atoms with E-state index in [4.69, 9.17) is 0 Å². The molecule has 0 bridgehead atoms. The van der Waals surface area contributed by atoms with Gasteiger partial charge >= 0.3 is 5.97 Å². The molecule has 0 aliphatic heterocycles. The number of benzene rings is 2. The molecule has 1 saturated carbocycles. The summed E-state index contributed by atoms with van der Waals surface area (Å²) in [4.78, 5) is 36.7. The van der Waals surface area contributed by atoms with Gasteiger partial charge in [0.2, 0.25) is 5.91 Å². The van der Waals surface area contributed by atoms with Crippen molar-refractivity contribution in [3.63, 3.8) is 0 Å². The van der Waals surface area contributed by atoms with Gasteiger partial charge in [-0.2, -0.15) is 0 Å². The van der Waals surface area contributed by atoms with E-state index < -0.39 is 11.9 Å². The fraction of sp³-hybridized carbons (Fsp3) is 0.320. The molecule has 0 unspecified atom stereocenters. The summed E-state index contributed by atoms with van der Waals surface area (Å²) in [6, 6.07) is 11.9. The monoisotopic (exact) mass is 433 g/mol. The molecular formula is C25H27N3O4. The molecular weight excluding hydrogens is 406 g/mol. The Morgan fingerprint density at radius 3 is 2.50 bits per heavy atom. The summed E-state index contributed by atoms with van der Waals surface area (Å²) in [5.41, 5.74) is 2.19. The van der Waals surface area contributed by atoms with Crippen molar-refractivity contribution in [3.8, 4) is 0 Å². The summed E-state index contributed by atoms with van der Waals surface area (Å²) in [5, 5.41) is 16.3. The van der Waals surface area contributed by atoms with Crippen LogP contribution in [0.4, 0.5) is 11.4 Å². The molecule has 7 heteroatoms. The number of aromatic nitrogens is 1. The third-order valence-corrected chi connectivity index (χ3v) is 6.12. The molecule has 3 aromatic rings. The van der Waals surface area contributed by atoms with E-state index in [1.807, 2.05) is 12.1 Å². The SMILES string of the molecule is CC(=O)n1cc(C(=O)Nc2cc(C(=O)O)ccc2NCC2CCCCC2)c2ccccc21. The Bertz CT molecular complexity index is 1180. The van der Waals surface area contributed by atoms with Crippen molar-refractivity contribution in [2.45, 2.75) is 39.0 Å². The second-order valence-corrected chi connectivity index (χ2v) is 8.35. The Labute approximate surface area is 186 Å². The van der Waals surface area contributed by atoms with Crippen LogP contribution in [0.2, 0.25) is 0 Å². The third-order valence-electron chi connectivity index (χ3n) is 6.12. The number of hydrogen-bond donors (Lipinski definition) is 3. The van der Waals surface area contributed by atoms with E-state index in [1.165, 1.54) is 61.9 Å². The summed E-state index contributed by atoms with van der Waals surface area (Å²) < 4.78 is 1.44. The summed E-state index contributed by atoms with van der Waals surface area (Å²) in [6.45, 7) is 2.22. The number of hydrogen-bond acceptors (Lipinski definition) is 4. The van der Waals surface area contributed by atoms with Gasteiger partial charge in [0.25, 0.3) is 5.91 Å². The van der Waals surface area contributed by atoms with Crippen LogP contribution in [0.25, 0.3) is 10.9 Å². The van der Waals surface area contributed by atoms with Gasteiger partial charge in [-0.25, -0.2) is 4.79 Å². The van der Waals surface area contributed by atoms with Gasteiger partial charge < -0.3 is 15.7 Å². The Balaban J connectivity index is 1.63. The number of nitrogens with zero attached hydrogens (tertiary/aromatic N) is 1. The summed E-state index contributed by atoms with van der Waals surface area (Å²) >= 11 is 0. The number of carboxylic acid groups (broad SMARTS) is 1. The molecule has 1 amide bonds. The van der Waals surface area contributed by atoms with E-state index in [9.17, 15) is 19.5 Å². The molecule has 1 aliphatic carbocycles. The van der Waals surface area contributed by atoms with E-state index in [2.05, 4.69) is 10.6 Å². The molecule has 0 saturated heterocycles. The topological polar surface area (TPSA) is 100 Å². The molecule has 3 N–H and O–H groups in total. The quantitative estimate of drug-likeness (QED) is 0.493. The first kappa shape index (κ1) is 21.6. The second-order valence-electron chi connectivity index (χ2n) is 8.35. The zero-order chi connectivity index (χ0) is 22.7. The highest BCUT2D eigenvalue weighted by Gasteiger charge is 2.19. The molecule has 0 atom stereocenters. The number of para-hydroxylation sites is 1. The van der Waals surface area contributed by atoms with Crippen molar-refractivity contribution in [1.82, 2.24) is 4.57 Å². The number of carbonyl (C=O) groups is 3. The fourth-order valence-corrected chi connectivity index (χ4v) is 4.39. The van der Waals surface area contributed by atoms with E-state index in [-0.39, 0.29) is 11.5 Å². The lowest BCUT2D eigenvalue weighted by atomic mass is 9.89. The number of fused-ring (bicyclic) bond motifs is 1. The number of aromatic carboxylic acids is 1. The van der Waals surface area contributed by atoms with Crippen LogP contribution in [-0.4, -0.2) is 34.0 Å². The van der Waals surface area contributed by atoms with Crippen molar-refractivity contribution in [3.05, 3.63) is 59.8 Å². The van der Waals surface area contributed by atoms with E-state index in [1.54, 1.807) is 18.2 Å². The van der Waals surface area contributed by atoms with Crippen LogP contribution in [0.1, 0.15) is 64.5 Å². The lowest BCUT2D eigenvalue weighted by Gasteiger charge is -2.23. The number of carbonyl (C=O) groups excluding carboxylic acids is 2. The summed E-state index contributed by atoms with van der Waals surface area (Å²) in [7, 11) is 0.